The van der Waals surface area contributed by atoms with Crippen LogP contribution in [0.15, 0.2) is 29.3 Å². The average Bonchev–Trinajstić information content (AvgIpc) is 2.83. The third-order valence-electron chi connectivity index (χ3n) is 2.62. The van der Waals surface area contributed by atoms with Crippen molar-refractivity contribution >= 4 is 12.4 Å². The van der Waals surface area contributed by atoms with Gasteiger partial charge in [0.25, 0.3) is 0 Å². The van der Waals surface area contributed by atoms with Crippen LogP contribution in [0.4, 0.5) is 5.69 Å². The maximum Gasteiger partial charge on any atom is 0.0657 e. The number of nitrogens with zero attached hydrogens (tertiary/aromatic N) is 1. The van der Waals surface area contributed by atoms with E-state index in [0.717, 1.165) is 17.5 Å². The molecule has 2 rings (SSSR count). The molecule has 1 aliphatic carbocycles. The summed E-state index contributed by atoms with van der Waals surface area (Å²) in [7, 11) is 0. The van der Waals surface area contributed by atoms with Gasteiger partial charge in [-0.05, 0) is 36.6 Å². The molecule has 0 saturated heterocycles. The number of hydrogen-bond donors (Lipinski definition) is 0. The second-order valence-electron chi connectivity index (χ2n) is 3.54. The van der Waals surface area contributed by atoms with Crippen LogP contribution in [0.1, 0.15) is 24.8 Å². The molecule has 0 amide bonds. The first-order chi connectivity index (χ1) is 5.83. The first-order valence-electron chi connectivity index (χ1n) is 4.38. The molecule has 0 bridgehead atoms. The average molecular weight is 159 g/mol. The fourth-order valence-electron chi connectivity index (χ4n) is 1.70. The van der Waals surface area contributed by atoms with Gasteiger partial charge in [-0.15, -0.1) is 0 Å². The first-order valence-corrected chi connectivity index (χ1v) is 4.38. The van der Waals surface area contributed by atoms with E-state index in [1.54, 1.807) is 0 Å². The lowest BCUT2D eigenvalue weighted by atomic mass is 10.1. The Balaban J connectivity index is 2.35. The lowest BCUT2D eigenvalue weighted by Crippen LogP contribution is -1.80. The lowest BCUT2D eigenvalue weighted by Gasteiger charge is -2.02. The third-order valence-corrected chi connectivity index (χ3v) is 2.62. The molecule has 0 N–H and O–H groups in total. The minimum absolute atomic E-state index is 0.742. The van der Waals surface area contributed by atoms with Gasteiger partial charge in [0.05, 0.1) is 5.69 Å². The molecule has 0 aromatic heterocycles. The van der Waals surface area contributed by atoms with Crippen LogP contribution < -0.4 is 0 Å². The summed E-state index contributed by atoms with van der Waals surface area (Å²) in [5.74, 6) is 1.58. The predicted octanol–water partition coefficient (Wildman–Crippen LogP) is 3.14. The Morgan fingerprint density at radius 2 is 2.08 bits per heavy atom. The van der Waals surface area contributed by atoms with Crippen molar-refractivity contribution in [3.63, 3.8) is 0 Å². The van der Waals surface area contributed by atoms with Crippen LogP contribution in [0.25, 0.3) is 0 Å². The second kappa shape index (κ2) is 2.74. The van der Waals surface area contributed by atoms with Gasteiger partial charge in [-0.2, -0.15) is 0 Å². The van der Waals surface area contributed by atoms with Gasteiger partial charge in [0.2, 0.25) is 0 Å². The van der Waals surface area contributed by atoms with Crippen LogP contribution in [0.3, 0.4) is 0 Å². The number of rotatable bonds is 2. The zero-order valence-electron chi connectivity index (χ0n) is 7.33. The molecule has 1 saturated carbocycles. The molecular weight excluding hydrogens is 146 g/mol. The van der Waals surface area contributed by atoms with Gasteiger partial charge >= 0.3 is 0 Å². The molecule has 2 unspecified atom stereocenters. The SMILES string of the molecule is C=Nc1ccccc1C1CC1C. The number of para-hydroxylation sites is 1. The van der Waals surface area contributed by atoms with Gasteiger partial charge in [0.15, 0.2) is 0 Å². The van der Waals surface area contributed by atoms with Crippen molar-refractivity contribution in [1.82, 2.24) is 0 Å². The van der Waals surface area contributed by atoms with Gasteiger partial charge in [0.1, 0.15) is 0 Å². The molecule has 1 nitrogen and oxygen atoms in total. The van der Waals surface area contributed by atoms with Gasteiger partial charge in [-0.3, -0.25) is 4.99 Å². The number of aliphatic imine (C=N–C) groups is 1. The van der Waals surface area contributed by atoms with Crippen LogP contribution in [0, 0.1) is 5.92 Å². The summed E-state index contributed by atoms with van der Waals surface area (Å²) < 4.78 is 0. The summed E-state index contributed by atoms with van der Waals surface area (Å²) in [6.07, 6.45) is 1.31. The molecule has 1 aromatic carbocycles. The van der Waals surface area contributed by atoms with E-state index in [-0.39, 0.29) is 0 Å². The lowest BCUT2D eigenvalue weighted by molar-refractivity contribution is 0.915. The largest absolute Gasteiger partial charge is 0.264 e. The minimum Gasteiger partial charge on any atom is -0.264 e. The highest BCUT2D eigenvalue weighted by atomic mass is 14.7. The van der Waals surface area contributed by atoms with Gasteiger partial charge in [-0.1, -0.05) is 25.1 Å². The summed E-state index contributed by atoms with van der Waals surface area (Å²) in [4.78, 5) is 4.02. The van der Waals surface area contributed by atoms with Crippen molar-refractivity contribution in [2.75, 3.05) is 0 Å². The van der Waals surface area contributed by atoms with Crippen LogP contribution in [-0.2, 0) is 0 Å². The predicted molar refractivity (Wildman–Crippen MR) is 52.2 cm³/mol. The first kappa shape index (κ1) is 7.53. The number of hydrogen-bond acceptors (Lipinski definition) is 1. The quantitative estimate of drug-likeness (QED) is 0.588. The van der Waals surface area contributed by atoms with Gasteiger partial charge in [-0.25, -0.2) is 0 Å². The molecule has 12 heavy (non-hydrogen) atoms. The van der Waals surface area contributed by atoms with Crippen molar-refractivity contribution < 1.29 is 0 Å². The fraction of sp³-hybridized carbons (Fsp3) is 0.364. The standard InChI is InChI=1S/C11H13N/c1-8-7-10(8)9-5-3-4-6-11(9)12-2/h3-6,8,10H,2,7H2,1H3. The summed E-state index contributed by atoms with van der Waals surface area (Å²) in [5, 5.41) is 0. The molecular formula is C11H13N. The van der Waals surface area contributed by atoms with Crippen molar-refractivity contribution in [3.8, 4) is 0 Å². The maximum absolute atomic E-state index is 4.02. The Morgan fingerprint density at radius 1 is 1.42 bits per heavy atom. The van der Waals surface area contributed by atoms with Crippen molar-refractivity contribution in [2.24, 2.45) is 10.9 Å². The van der Waals surface area contributed by atoms with E-state index < -0.39 is 0 Å². The monoisotopic (exact) mass is 159 g/mol. The maximum atomic E-state index is 4.02. The van der Waals surface area contributed by atoms with Crippen LogP contribution >= 0.6 is 0 Å². The van der Waals surface area contributed by atoms with Gasteiger partial charge in [0, 0.05) is 0 Å². The van der Waals surface area contributed by atoms with Crippen LogP contribution in [0.5, 0.6) is 0 Å². The van der Waals surface area contributed by atoms with E-state index in [2.05, 4.69) is 30.8 Å². The molecule has 1 heteroatoms. The molecule has 0 spiro atoms. The van der Waals surface area contributed by atoms with E-state index in [1.807, 2.05) is 12.1 Å². The van der Waals surface area contributed by atoms with Crippen LogP contribution in [0.2, 0.25) is 0 Å². The Bertz CT molecular complexity index is 304. The number of benzene rings is 1. The summed E-state index contributed by atoms with van der Waals surface area (Å²) >= 11 is 0. The van der Waals surface area contributed by atoms with E-state index >= 15 is 0 Å². The van der Waals surface area contributed by atoms with E-state index in [4.69, 9.17) is 0 Å². The zero-order chi connectivity index (χ0) is 8.55. The molecule has 1 aliphatic rings. The summed E-state index contributed by atoms with van der Waals surface area (Å²) in [5.41, 5.74) is 2.44. The third kappa shape index (κ3) is 1.15. The van der Waals surface area contributed by atoms with E-state index in [9.17, 15) is 0 Å². The fourth-order valence-corrected chi connectivity index (χ4v) is 1.70. The molecule has 1 fully saturated rings. The molecule has 62 valence electrons. The molecule has 2 atom stereocenters. The Hall–Kier alpha value is -1.11. The topological polar surface area (TPSA) is 12.4 Å². The van der Waals surface area contributed by atoms with E-state index in [0.29, 0.717) is 0 Å². The Kier molecular flexibility index (Phi) is 1.72. The highest BCUT2D eigenvalue weighted by Crippen LogP contribution is 2.49. The van der Waals surface area contributed by atoms with Crippen molar-refractivity contribution in [2.45, 2.75) is 19.3 Å². The molecule has 0 heterocycles. The molecule has 1 aromatic rings. The zero-order valence-corrected chi connectivity index (χ0v) is 7.33. The van der Waals surface area contributed by atoms with Crippen molar-refractivity contribution in [3.05, 3.63) is 29.8 Å². The highest BCUT2D eigenvalue weighted by molar-refractivity contribution is 5.54. The van der Waals surface area contributed by atoms with Crippen molar-refractivity contribution in [1.29, 1.82) is 0 Å². The van der Waals surface area contributed by atoms with Crippen LogP contribution in [-0.4, -0.2) is 6.72 Å². The second-order valence-corrected chi connectivity index (χ2v) is 3.54. The Labute approximate surface area is 73.1 Å². The van der Waals surface area contributed by atoms with E-state index in [1.165, 1.54) is 12.0 Å². The highest BCUT2D eigenvalue weighted by Gasteiger charge is 2.35. The molecule has 0 aliphatic heterocycles. The normalized spacial score (nSPS) is 26.8. The Morgan fingerprint density at radius 3 is 2.67 bits per heavy atom. The minimum atomic E-state index is 0.742. The smallest absolute Gasteiger partial charge is 0.0657 e. The summed E-state index contributed by atoms with van der Waals surface area (Å²) in [6, 6.07) is 8.29. The van der Waals surface area contributed by atoms with Gasteiger partial charge < -0.3 is 0 Å². The summed E-state index contributed by atoms with van der Waals surface area (Å²) in [6.45, 7) is 5.86. The molecule has 0 radical (unpaired) electrons.